The minimum atomic E-state index is -0.680. The van der Waals surface area contributed by atoms with Crippen molar-refractivity contribution in [3.8, 4) is 11.5 Å². The summed E-state index contributed by atoms with van der Waals surface area (Å²) in [5, 5.41) is 3.87. The van der Waals surface area contributed by atoms with Gasteiger partial charge in [-0.3, -0.25) is 4.79 Å². The first kappa shape index (κ1) is 16.3. The summed E-state index contributed by atoms with van der Waals surface area (Å²) in [5.74, 6) is -1.98. The van der Waals surface area contributed by atoms with Crippen molar-refractivity contribution in [2.45, 2.75) is 12.3 Å². The first-order chi connectivity index (χ1) is 12.5. The molecule has 1 aliphatic rings. The van der Waals surface area contributed by atoms with Gasteiger partial charge in [0.05, 0.1) is 5.69 Å². The molecule has 0 spiro atoms. The number of rotatable bonds is 3. The minimum Gasteiger partial charge on any atom is -0.334 e. The zero-order chi connectivity index (χ0) is 18.3. The first-order valence-corrected chi connectivity index (χ1v) is 7.86. The Balaban J connectivity index is 1.58. The molecule has 8 heteroatoms. The average molecular weight is 359 g/mol. The van der Waals surface area contributed by atoms with E-state index in [0.717, 1.165) is 18.2 Å². The molecule has 1 unspecified atom stereocenters. The van der Waals surface area contributed by atoms with E-state index < -0.39 is 17.6 Å². The average Bonchev–Trinajstić information content (AvgIpc) is 3.25. The van der Waals surface area contributed by atoms with Gasteiger partial charge in [-0.05, 0) is 36.4 Å². The second-order valence-electron chi connectivity index (χ2n) is 5.97. The Labute approximate surface area is 146 Å². The Morgan fingerprint density at radius 3 is 2.54 bits per heavy atom. The Morgan fingerprint density at radius 1 is 1.04 bits per heavy atom. The third kappa shape index (κ3) is 2.94. The standard InChI is InChI=1S/C18H12F3N3O2/c19-12-3-1-10(2-4-12)18-22-17(23-26-18)11-7-16(25)24(9-11)15-8-13(20)5-6-14(15)21/h1-6,8,11H,7,9H2. The van der Waals surface area contributed by atoms with Gasteiger partial charge in [0, 0.05) is 30.5 Å². The number of carbonyl (C=O) groups is 1. The van der Waals surface area contributed by atoms with Crippen LogP contribution in [0.15, 0.2) is 47.0 Å². The van der Waals surface area contributed by atoms with Crippen LogP contribution in [0.3, 0.4) is 0 Å². The van der Waals surface area contributed by atoms with Gasteiger partial charge in [-0.25, -0.2) is 13.2 Å². The van der Waals surface area contributed by atoms with Gasteiger partial charge in [0.2, 0.25) is 5.91 Å². The van der Waals surface area contributed by atoms with Gasteiger partial charge in [0.1, 0.15) is 17.5 Å². The molecular weight excluding hydrogens is 347 g/mol. The predicted octanol–water partition coefficient (Wildman–Crippen LogP) is 3.67. The van der Waals surface area contributed by atoms with Crippen LogP contribution in [0.25, 0.3) is 11.5 Å². The molecule has 1 saturated heterocycles. The molecule has 2 aromatic carbocycles. The monoisotopic (exact) mass is 359 g/mol. The Bertz CT molecular complexity index is 972. The highest BCUT2D eigenvalue weighted by molar-refractivity contribution is 5.96. The van der Waals surface area contributed by atoms with E-state index in [4.69, 9.17) is 4.52 Å². The third-order valence-corrected chi connectivity index (χ3v) is 4.22. The van der Waals surface area contributed by atoms with Crippen LogP contribution in [-0.2, 0) is 4.79 Å². The zero-order valence-electron chi connectivity index (χ0n) is 13.3. The van der Waals surface area contributed by atoms with Crippen molar-refractivity contribution >= 4 is 11.6 Å². The number of nitrogens with zero attached hydrogens (tertiary/aromatic N) is 3. The molecule has 1 aliphatic heterocycles. The number of amides is 1. The number of benzene rings is 2. The maximum absolute atomic E-state index is 13.9. The molecular formula is C18H12F3N3O2. The minimum absolute atomic E-state index is 0.0539. The molecule has 4 rings (SSSR count). The summed E-state index contributed by atoms with van der Waals surface area (Å²) in [7, 11) is 0. The molecule has 0 saturated carbocycles. The van der Waals surface area contributed by atoms with Crippen LogP contribution in [-0.4, -0.2) is 22.6 Å². The van der Waals surface area contributed by atoms with Gasteiger partial charge in [0.25, 0.3) is 5.89 Å². The highest BCUT2D eigenvalue weighted by Gasteiger charge is 2.36. The zero-order valence-corrected chi connectivity index (χ0v) is 13.3. The van der Waals surface area contributed by atoms with Crippen LogP contribution in [0.2, 0.25) is 0 Å². The lowest BCUT2D eigenvalue weighted by molar-refractivity contribution is -0.117. The normalized spacial score (nSPS) is 17.1. The molecule has 0 bridgehead atoms. The van der Waals surface area contributed by atoms with E-state index in [1.165, 1.54) is 29.2 Å². The number of halogens is 3. The topological polar surface area (TPSA) is 59.2 Å². The summed E-state index contributed by atoms with van der Waals surface area (Å²) in [6.07, 6.45) is 0.0539. The van der Waals surface area contributed by atoms with Gasteiger partial charge >= 0.3 is 0 Å². The van der Waals surface area contributed by atoms with Crippen LogP contribution in [0, 0.1) is 17.5 Å². The lowest BCUT2D eigenvalue weighted by Crippen LogP contribution is -2.25. The lowest BCUT2D eigenvalue weighted by atomic mass is 10.1. The van der Waals surface area contributed by atoms with E-state index in [1.54, 1.807) is 0 Å². The maximum Gasteiger partial charge on any atom is 0.257 e. The van der Waals surface area contributed by atoms with Crippen LogP contribution in [0.1, 0.15) is 18.2 Å². The number of hydrogen-bond acceptors (Lipinski definition) is 4. The molecule has 3 aromatic rings. The fraction of sp³-hybridized carbons (Fsp3) is 0.167. The van der Waals surface area contributed by atoms with Gasteiger partial charge in [-0.15, -0.1) is 0 Å². The number of hydrogen-bond donors (Lipinski definition) is 0. The van der Waals surface area contributed by atoms with E-state index in [1.807, 2.05) is 0 Å². The Hall–Kier alpha value is -3.16. The molecule has 26 heavy (non-hydrogen) atoms. The second-order valence-corrected chi connectivity index (χ2v) is 5.97. The van der Waals surface area contributed by atoms with Crippen molar-refractivity contribution in [2.75, 3.05) is 11.4 Å². The first-order valence-electron chi connectivity index (χ1n) is 7.86. The third-order valence-electron chi connectivity index (χ3n) is 4.22. The van der Waals surface area contributed by atoms with Crippen molar-refractivity contribution in [1.29, 1.82) is 0 Å². The SMILES string of the molecule is O=C1CC(c2noc(-c3ccc(F)cc3)n2)CN1c1cc(F)ccc1F. The summed E-state index contributed by atoms with van der Waals surface area (Å²) < 4.78 is 45.5. The maximum atomic E-state index is 13.9. The van der Waals surface area contributed by atoms with E-state index >= 15 is 0 Å². The molecule has 1 atom stereocenters. The molecule has 2 heterocycles. The van der Waals surface area contributed by atoms with E-state index in [9.17, 15) is 18.0 Å². The summed E-state index contributed by atoms with van der Waals surface area (Å²) in [6, 6.07) is 8.49. The van der Waals surface area contributed by atoms with Crippen molar-refractivity contribution in [3.63, 3.8) is 0 Å². The van der Waals surface area contributed by atoms with Crippen LogP contribution >= 0.6 is 0 Å². The van der Waals surface area contributed by atoms with Crippen LogP contribution in [0.4, 0.5) is 18.9 Å². The van der Waals surface area contributed by atoms with E-state index in [2.05, 4.69) is 10.1 Å². The van der Waals surface area contributed by atoms with E-state index in [0.29, 0.717) is 5.56 Å². The van der Waals surface area contributed by atoms with E-state index in [-0.39, 0.29) is 42.1 Å². The Kier molecular flexibility index (Phi) is 3.95. The fourth-order valence-corrected chi connectivity index (χ4v) is 2.92. The molecule has 0 radical (unpaired) electrons. The molecule has 1 fully saturated rings. The highest BCUT2D eigenvalue weighted by atomic mass is 19.1. The number of aromatic nitrogens is 2. The van der Waals surface area contributed by atoms with Gasteiger partial charge in [-0.2, -0.15) is 4.98 Å². The molecule has 0 aliphatic carbocycles. The number of carbonyl (C=O) groups excluding carboxylic acids is 1. The molecule has 5 nitrogen and oxygen atoms in total. The van der Waals surface area contributed by atoms with Crippen molar-refractivity contribution in [2.24, 2.45) is 0 Å². The smallest absolute Gasteiger partial charge is 0.257 e. The number of anilines is 1. The summed E-state index contributed by atoms with van der Waals surface area (Å²) in [4.78, 5) is 17.7. The van der Waals surface area contributed by atoms with Gasteiger partial charge in [0.15, 0.2) is 5.82 Å². The Morgan fingerprint density at radius 2 is 1.77 bits per heavy atom. The largest absolute Gasteiger partial charge is 0.334 e. The lowest BCUT2D eigenvalue weighted by Gasteiger charge is -2.16. The summed E-state index contributed by atoms with van der Waals surface area (Å²) in [6.45, 7) is 0.113. The summed E-state index contributed by atoms with van der Waals surface area (Å²) >= 11 is 0. The quantitative estimate of drug-likeness (QED) is 0.716. The van der Waals surface area contributed by atoms with Crippen molar-refractivity contribution < 1.29 is 22.5 Å². The molecule has 0 N–H and O–H groups in total. The fourth-order valence-electron chi connectivity index (χ4n) is 2.92. The van der Waals surface area contributed by atoms with Gasteiger partial charge < -0.3 is 9.42 Å². The highest BCUT2D eigenvalue weighted by Crippen LogP contribution is 2.33. The summed E-state index contributed by atoms with van der Waals surface area (Å²) in [5.41, 5.74) is 0.433. The molecule has 1 amide bonds. The van der Waals surface area contributed by atoms with Crippen molar-refractivity contribution in [3.05, 3.63) is 65.7 Å². The molecule has 1 aromatic heterocycles. The van der Waals surface area contributed by atoms with Crippen molar-refractivity contribution in [1.82, 2.24) is 10.1 Å². The predicted molar refractivity (Wildman–Crippen MR) is 85.8 cm³/mol. The van der Waals surface area contributed by atoms with Crippen LogP contribution < -0.4 is 4.90 Å². The molecule has 132 valence electrons. The second kappa shape index (κ2) is 6.29. The van der Waals surface area contributed by atoms with Gasteiger partial charge in [-0.1, -0.05) is 5.16 Å². The van der Waals surface area contributed by atoms with Crippen LogP contribution in [0.5, 0.6) is 0 Å².